The van der Waals surface area contributed by atoms with Gasteiger partial charge in [0.2, 0.25) is 0 Å². The Morgan fingerprint density at radius 3 is 2.38 bits per heavy atom. The van der Waals surface area contributed by atoms with E-state index in [2.05, 4.69) is 20.8 Å². The summed E-state index contributed by atoms with van der Waals surface area (Å²) in [6, 6.07) is 0. The fraction of sp³-hybridized carbons (Fsp3) is 0.727. The average Bonchev–Trinajstić information content (AvgIpc) is 1.93. The number of unbranched alkanes of at least 4 members (excludes halogenated alkanes) is 2. The number of rotatable bonds is 5. The van der Waals surface area contributed by atoms with Crippen molar-refractivity contribution in [2.75, 3.05) is 0 Å². The number of carbonyl (C=O) groups is 1. The fourth-order valence-electron chi connectivity index (χ4n) is 1.10. The zero-order chi connectivity index (χ0) is 10.3. The van der Waals surface area contributed by atoms with Crippen LogP contribution in [0.5, 0.6) is 0 Å². The molecule has 0 aromatic carbocycles. The topological polar surface area (TPSA) is 37.3 Å². The minimum Gasteiger partial charge on any atom is -0.478 e. The van der Waals surface area contributed by atoms with Crippen molar-refractivity contribution >= 4 is 5.97 Å². The standard InChI is InChI=1S/C11H20O2/c1-11(2,3)9-7-5-4-6-8-10(12)13/h6,8H,4-5,7,9H2,1-3H3,(H,12,13). The Labute approximate surface area is 80.7 Å². The second kappa shape index (κ2) is 5.79. The molecule has 1 N–H and O–H groups in total. The second-order valence-corrected chi connectivity index (χ2v) is 4.55. The van der Waals surface area contributed by atoms with E-state index in [1.54, 1.807) is 6.08 Å². The van der Waals surface area contributed by atoms with Gasteiger partial charge in [-0.1, -0.05) is 33.3 Å². The molecule has 2 heteroatoms. The summed E-state index contributed by atoms with van der Waals surface area (Å²) in [5.74, 6) is -0.851. The molecule has 0 bridgehead atoms. The number of hydrogen-bond acceptors (Lipinski definition) is 1. The molecular formula is C11H20O2. The van der Waals surface area contributed by atoms with Gasteiger partial charge in [0.05, 0.1) is 0 Å². The molecule has 0 atom stereocenters. The molecule has 0 aliphatic rings. The molecule has 76 valence electrons. The van der Waals surface area contributed by atoms with Gasteiger partial charge in [-0.25, -0.2) is 4.79 Å². The van der Waals surface area contributed by atoms with Crippen molar-refractivity contribution in [2.45, 2.75) is 46.5 Å². The van der Waals surface area contributed by atoms with Crippen molar-refractivity contribution in [3.63, 3.8) is 0 Å². The predicted molar refractivity (Wildman–Crippen MR) is 54.7 cm³/mol. The number of carboxylic acid groups (broad SMARTS) is 1. The summed E-state index contributed by atoms with van der Waals surface area (Å²) in [7, 11) is 0. The molecule has 0 saturated heterocycles. The Morgan fingerprint density at radius 1 is 1.31 bits per heavy atom. The summed E-state index contributed by atoms with van der Waals surface area (Å²) in [4.78, 5) is 10.1. The van der Waals surface area contributed by atoms with E-state index in [9.17, 15) is 4.79 Å². The molecule has 0 rings (SSSR count). The molecule has 13 heavy (non-hydrogen) atoms. The van der Waals surface area contributed by atoms with E-state index in [0.29, 0.717) is 5.41 Å². The molecule has 0 heterocycles. The Balaban J connectivity index is 3.32. The minimum absolute atomic E-state index is 0.399. The maximum Gasteiger partial charge on any atom is 0.327 e. The van der Waals surface area contributed by atoms with Crippen molar-refractivity contribution in [3.8, 4) is 0 Å². The Bertz CT molecular complexity index is 175. The van der Waals surface area contributed by atoms with Crippen LogP contribution < -0.4 is 0 Å². The van der Waals surface area contributed by atoms with E-state index < -0.39 is 5.97 Å². The summed E-state index contributed by atoms with van der Waals surface area (Å²) >= 11 is 0. The van der Waals surface area contributed by atoms with Gasteiger partial charge in [-0.05, 0) is 24.7 Å². The molecular weight excluding hydrogens is 164 g/mol. The summed E-state index contributed by atoms with van der Waals surface area (Å²) in [6.07, 6.45) is 7.28. The van der Waals surface area contributed by atoms with Crippen molar-refractivity contribution in [2.24, 2.45) is 5.41 Å². The highest BCUT2D eigenvalue weighted by molar-refractivity contribution is 5.79. The lowest BCUT2D eigenvalue weighted by molar-refractivity contribution is -0.131. The van der Waals surface area contributed by atoms with E-state index in [4.69, 9.17) is 5.11 Å². The third kappa shape index (κ3) is 11.2. The monoisotopic (exact) mass is 184 g/mol. The van der Waals surface area contributed by atoms with Crippen molar-refractivity contribution in [1.29, 1.82) is 0 Å². The van der Waals surface area contributed by atoms with Crippen LogP contribution in [0.25, 0.3) is 0 Å². The molecule has 0 aromatic rings. The van der Waals surface area contributed by atoms with Crippen LogP contribution in [0.2, 0.25) is 0 Å². The normalized spacial score (nSPS) is 12.2. The molecule has 0 fully saturated rings. The van der Waals surface area contributed by atoms with E-state index in [1.807, 2.05) is 0 Å². The highest BCUT2D eigenvalue weighted by atomic mass is 16.4. The van der Waals surface area contributed by atoms with Gasteiger partial charge in [0, 0.05) is 6.08 Å². The zero-order valence-corrected chi connectivity index (χ0v) is 8.84. The molecule has 2 nitrogen and oxygen atoms in total. The smallest absolute Gasteiger partial charge is 0.327 e. The quantitative estimate of drug-likeness (QED) is 0.526. The summed E-state index contributed by atoms with van der Waals surface area (Å²) in [5.41, 5.74) is 0.399. The van der Waals surface area contributed by atoms with Crippen LogP contribution in [0.15, 0.2) is 12.2 Å². The van der Waals surface area contributed by atoms with Crippen LogP contribution in [-0.4, -0.2) is 11.1 Å². The lowest BCUT2D eigenvalue weighted by atomic mass is 9.89. The van der Waals surface area contributed by atoms with Crippen molar-refractivity contribution in [3.05, 3.63) is 12.2 Å². The fourth-order valence-corrected chi connectivity index (χ4v) is 1.10. The number of carboxylic acids is 1. The first kappa shape index (κ1) is 12.2. The Kier molecular flexibility index (Phi) is 5.44. The Hall–Kier alpha value is -0.790. The molecule has 0 radical (unpaired) electrons. The largest absolute Gasteiger partial charge is 0.478 e. The van der Waals surface area contributed by atoms with Gasteiger partial charge < -0.3 is 5.11 Å². The Morgan fingerprint density at radius 2 is 1.92 bits per heavy atom. The van der Waals surface area contributed by atoms with Gasteiger partial charge in [-0.3, -0.25) is 0 Å². The number of allylic oxidation sites excluding steroid dienone is 1. The van der Waals surface area contributed by atoms with E-state index in [0.717, 1.165) is 12.8 Å². The summed E-state index contributed by atoms with van der Waals surface area (Å²) in [5, 5.41) is 8.31. The van der Waals surface area contributed by atoms with Crippen LogP contribution in [0, 0.1) is 5.41 Å². The van der Waals surface area contributed by atoms with Gasteiger partial charge >= 0.3 is 5.97 Å². The summed E-state index contributed by atoms with van der Waals surface area (Å²) in [6.45, 7) is 6.67. The predicted octanol–water partition coefficient (Wildman–Crippen LogP) is 3.23. The van der Waals surface area contributed by atoms with E-state index in [-0.39, 0.29) is 0 Å². The summed E-state index contributed by atoms with van der Waals surface area (Å²) < 4.78 is 0. The van der Waals surface area contributed by atoms with Crippen LogP contribution in [-0.2, 0) is 4.79 Å². The van der Waals surface area contributed by atoms with Gasteiger partial charge in [-0.15, -0.1) is 0 Å². The van der Waals surface area contributed by atoms with Crippen molar-refractivity contribution in [1.82, 2.24) is 0 Å². The first-order valence-electron chi connectivity index (χ1n) is 4.81. The van der Waals surface area contributed by atoms with Crippen LogP contribution >= 0.6 is 0 Å². The molecule has 0 aromatic heterocycles. The van der Waals surface area contributed by atoms with Crippen LogP contribution in [0.3, 0.4) is 0 Å². The SMILES string of the molecule is CC(C)(C)CCCCC=CC(=O)O. The van der Waals surface area contributed by atoms with Crippen LogP contribution in [0.4, 0.5) is 0 Å². The van der Waals surface area contributed by atoms with Gasteiger partial charge in [-0.2, -0.15) is 0 Å². The lowest BCUT2D eigenvalue weighted by Crippen LogP contribution is -2.03. The first-order valence-corrected chi connectivity index (χ1v) is 4.81. The molecule has 0 saturated carbocycles. The molecule has 0 amide bonds. The van der Waals surface area contributed by atoms with Gasteiger partial charge in [0.15, 0.2) is 0 Å². The van der Waals surface area contributed by atoms with Crippen molar-refractivity contribution < 1.29 is 9.90 Å². The lowest BCUT2D eigenvalue weighted by Gasteiger charge is -2.16. The zero-order valence-electron chi connectivity index (χ0n) is 8.84. The number of aliphatic carboxylic acids is 1. The molecule has 0 aliphatic heterocycles. The van der Waals surface area contributed by atoms with E-state index >= 15 is 0 Å². The first-order chi connectivity index (χ1) is 5.92. The maximum atomic E-state index is 10.1. The maximum absolute atomic E-state index is 10.1. The van der Waals surface area contributed by atoms with Gasteiger partial charge in [0.25, 0.3) is 0 Å². The third-order valence-corrected chi connectivity index (χ3v) is 1.81. The van der Waals surface area contributed by atoms with Crippen LogP contribution in [0.1, 0.15) is 46.5 Å². The molecule has 0 spiro atoms. The third-order valence-electron chi connectivity index (χ3n) is 1.81. The van der Waals surface area contributed by atoms with E-state index in [1.165, 1.54) is 18.9 Å². The highest BCUT2D eigenvalue weighted by Gasteiger charge is 2.08. The minimum atomic E-state index is -0.851. The second-order valence-electron chi connectivity index (χ2n) is 4.55. The molecule has 0 unspecified atom stereocenters. The molecule has 0 aliphatic carbocycles. The van der Waals surface area contributed by atoms with Gasteiger partial charge in [0.1, 0.15) is 0 Å². The average molecular weight is 184 g/mol. The highest BCUT2D eigenvalue weighted by Crippen LogP contribution is 2.21. The number of hydrogen-bond donors (Lipinski definition) is 1.